The molecule has 1 aromatic heterocycles. The summed E-state index contributed by atoms with van der Waals surface area (Å²) >= 11 is 0. The summed E-state index contributed by atoms with van der Waals surface area (Å²) in [5.41, 5.74) is 1.21. The summed E-state index contributed by atoms with van der Waals surface area (Å²) in [6.45, 7) is 2.44. The molecule has 2 heterocycles. The van der Waals surface area contributed by atoms with Crippen LogP contribution >= 0.6 is 0 Å². The van der Waals surface area contributed by atoms with Crippen LogP contribution in [0.15, 0.2) is 18.3 Å². The maximum absolute atomic E-state index is 11.7. The smallest absolute Gasteiger partial charge is 0.319 e. The standard InChI is InChI=1S/C10H15N3O/c1-11(2)10(14)13-7-6-12-5-3-4-9(12)8-13/h3-5H,6-8H2,1-2H3. The van der Waals surface area contributed by atoms with Gasteiger partial charge in [-0.1, -0.05) is 0 Å². The minimum absolute atomic E-state index is 0.0949. The van der Waals surface area contributed by atoms with Gasteiger partial charge in [0.25, 0.3) is 0 Å². The summed E-state index contributed by atoms with van der Waals surface area (Å²) in [4.78, 5) is 15.2. The number of amides is 2. The molecule has 4 nitrogen and oxygen atoms in total. The van der Waals surface area contributed by atoms with Crippen LogP contribution in [0.4, 0.5) is 4.79 Å². The Morgan fingerprint density at radius 3 is 2.93 bits per heavy atom. The Balaban J connectivity index is 2.11. The van der Waals surface area contributed by atoms with Crippen molar-refractivity contribution in [2.24, 2.45) is 0 Å². The molecule has 0 N–H and O–H groups in total. The fourth-order valence-corrected chi connectivity index (χ4v) is 1.76. The molecule has 0 fully saturated rings. The van der Waals surface area contributed by atoms with Gasteiger partial charge >= 0.3 is 6.03 Å². The third kappa shape index (κ3) is 1.47. The maximum atomic E-state index is 11.7. The van der Waals surface area contributed by atoms with Gasteiger partial charge in [0.05, 0.1) is 6.54 Å². The van der Waals surface area contributed by atoms with Crippen LogP contribution in [0.3, 0.4) is 0 Å². The Kier molecular flexibility index (Phi) is 2.19. The monoisotopic (exact) mass is 193 g/mol. The van der Waals surface area contributed by atoms with E-state index in [-0.39, 0.29) is 6.03 Å². The topological polar surface area (TPSA) is 28.5 Å². The van der Waals surface area contributed by atoms with Crippen LogP contribution < -0.4 is 0 Å². The van der Waals surface area contributed by atoms with Gasteiger partial charge in [0, 0.05) is 39.1 Å². The molecule has 0 radical (unpaired) electrons. The van der Waals surface area contributed by atoms with Crippen LogP contribution in [0, 0.1) is 0 Å². The minimum atomic E-state index is 0.0949. The van der Waals surface area contributed by atoms with E-state index in [1.165, 1.54) is 5.69 Å². The second-order valence-corrected chi connectivity index (χ2v) is 3.79. The van der Waals surface area contributed by atoms with Crippen LogP contribution in [0.25, 0.3) is 0 Å². The van der Waals surface area contributed by atoms with E-state index in [1.807, 2.05) is 11.0 Å². The Hall–Kier alpha value is -1.45. The first-order valence-electron chi connectivity index (χ1n) is 4.79. The van der Waals surface area contributed by atoms with Gasteiger partial charge in [-0.15, -0.1) is 0 Å². The second kappa shape index (κ2) is 3.36. The average molecular weight is 193 g/mol. The number of aromatic nitrogens is 1. The second-order valence-electron chi connectivity index (χ2n) is 3.79. The molecule has 2 amide bonds. The predicted molar refractivity (Wildman–Crippen MR) is 53.9 cm³/mol. The highest BCUT2D eigenvalue weighted by Gasteiger charge is 2.20. The van der Waals surface area contributed by atoms with Crippen molar-refractivity contribution in [3.05, 3.63) is 24.0 Å². The fourth-order valence-electron chi connectivity index (χ4n) is 1.76. The van der Waals surface area contributed by atoms with E-state index in [2.05, 4.69) is 16.8 Å². The fraction of sp³-hybridized carbons (Fsp3) is 0.500. The van der Waals surface area contributed by atoms with Crippen LogP contribution in [-0.4, -0.2) is 41.0 Å². The number of carbonyl (C=O) groups excluding carboxylic acids is 1. The number of urea groups is 1. The molecule has 0 saturated carbocycles. The van der Waals surface area contributed by atoms with E-state index < -0.39 is 0 Å². The first-order chi connectivity index (χ1) is 6.68. The van der Waals surface area contributed by atoms with Crippen molar-refractivity contribution < 1.29 is 4.79 Å². The summed E-state index contributed by atoms with van der Waals surface area (Å²) in [5, 5.41) is 0. The molecule has 0 atom stereocenters. The molecule has 1 aromatic rings. The van der Waals surface area contributed by atoms with Crippen molar-refractivity contribution in [2.45, 2.75) is 13.1 Å². The third-order valence-electron chi connectivity index (χ3n) is 2.54. The lowest BCUT2D eigenvalue weighted by Gasteiger charge is -2.30. The lowest BCUT2D eigenvalue weighted by atomic mass is 10.3. The predicted octanol–water partition coefficient (Wildman–Crippen LogP) is 0.985. The van der Waals surface area contributed by atoms with Crippen molar-refractivity contribution in [3.8, 4) is 0 Å². The summed E-state index contributed by atoms with van der Waals surface area (Å²) in [7, 11) is 3.58. The highest BCUT2D eigenvalue weighted by atomic mass is 16.2. The zero-order valence-electron chi connectivity index (χ0n) is 8.60. The van der Waals surface area contributed by atoms with Crippen molar-refractivity contribution >= 4 is 6.03 Å². The maximum Gasteiger partial charge on any atom is 0.319 e. The molecule has 0 unspecified atom stereocenters. The Morgan fingerprint density at radius 2 is 2.21 bits per heavy atom. The Morgan fingerprint density at radius 1 is 1.43 bits per heavy atom. The van der Waals surface area contributed by atoms with E-state index in [0.717, 1.165) is 19.6 Å². The lowest BCUT2D eigenvalue weighted by Crippen LogP contribution is -2.43. The van der Waals surface area contributed by atoms with E-state index in [9.17, 15) is 4.79 Å². The molecule has 14 heavy (non-hydrogen) atoms. The zero-order valence-corrected chi connectivity index (χ0v) is 8.60. The molecular formula is C10H15N3O. The van der Waals surface area contributed by atoms with E-state index in [1.54, 1.807) is 19.0 Å². The first kappa shape index (κ1) is 9.12. The van der Waals surface area contributed by atoms with Gasteiger partial charge in [-0.3, -0.25) is 0 Å². The van der Waals surface area contributed by atoms with E-state index in [0.29, 0.717) is 0 Å². The Labute approximate surface area is 83.7 Å². The zero-order chi connectivity index (χ0) is 10.1. The first-order valence-corrected chi connectivity index (χ1v) is 4.79. The molecule has 0 spiro atoms. The third-order valence-corrected chi connectivity index (χ3v) is 2.54. The van der Waals surface area contributed by atoms with Gasteiger partial charge in [-0.25, -0.2) is 4.79 Å². The van der Waals surface area contributed by atoms with Crippen LogP contribution in [0.2, 0.25) is 0 Å². The molecule has 1 aliphatic heterocycles. The Bertz CT molecular complexity index is 343. The SMILES string of the molecule is CN(C)C(=O)N1CCn2cccc2C1. The van der Waals surface area contributed by atoms with Crippen LogP contribution in [-0.2, 0) is 13.1 Å². The quantitative estimate of drug-likeness (QED) is 0.604. The van der Waals surface area contributed by atoms with Gasteiger partial charge in [-0.05, 0) is 12.1 Å². The van der Waals surface area contributed by atoms with Crippen molar-refractivity contribution in [1.82, 2.24) is 14.4 Å². The molecule has 0 saturated heterocycles. The van der Waals surface area contributed by atoms with Crippen LogP contribution in [0.5, 0.6) is 0 Å². The number of rotatable bonds is 0. The number of carbonyl (C=O) groups is 1. The van der Waals surface area contributed by atoms with Gasteiger partial charge < -0.3 is 14.4 Å². The highest BCUT2D eigenvalue weighted by Crippen LogP contribution is 2.13. The van der Waals surface area contributed by atoms with Gasteiger partial charge in [0.15, 0.2) is 0 Å². The summed E-state index contributed by atoms with van der Waals surface area (Å²) < 4.78 is 2.19. The van der Waals surface area contributed by atoms with Gasteiger partial charge in [-0.2, -0.15) is 0 Å². The number of nitrogens with zero attached hydrogens (tertiary/aromatic N) is 3. The minimum Gasteiger partial charge on any atom is -0.348 e. The summed E-state index contributed by atoms with van der Waals surface area (Å²) in [6.07, 6.45) is 2.06. The van der Waals surface area contributed by atoms with Crippen LogP contribution in [0.1, 0.15) is 5.69 Å². The highest BCUT2D eigenvalue weighted by molar-refractivity contribution is 5.73. The van der Waals surface area contributed by atoms with Crippen molar-refractivity contribution in [1.29, 1.82) is 0 Å². The summed E-state index contributed by atoms with van der Waals surface area (Å²) in [6, 6.07) is 4.19. The van der Waals surface area contributed by atoms with Crippen molar-refractivity contribution in [3.63, 3.8) is 0 Å². The van der Waals surface area contributed by atoms with E-state index in [4.69, 9.17) is 0 Å². The molecule has 1 aliphatic rings. The van der Waals surface area contributed by atoms with Crippen molar-refractivity contribution in [2.75, 3.05) is 20.6 Å². The average Bonchev–Trinajstić information content (AvgIpc) is 2.62. The van der Waals surface area contributed by atoms with E-state index >= 15 is 0 Å². The molecule has 0 aliphatic carbocycles. The lowest BCUT2D eigenvalue weighted by molar-refractivity contribution is 0.158. The normalized spacial score (nSPS) is 15.1. The molecule has 2 rings (SSSR count). The largest absolute Gasteiger partial charge is 0.348 e. The number of hydrogen-bond acceptors (Lipinski definition) is 1. The van der Waals surface area contributed by atoms with Gasteiger partial charge in [0.1, 0.15) is 0 Å². The number of hydrogen-bond donors (Lipinski definition) is 0. The molecule has 0 aromatic carbocycles. The summed E-state index contributed by atoms with van der Waals surface area (Å²) in [5.74, 6) is 0. The molecule has 4 heteroatoms. The molecule has 0 bridgehead atoms. The molecule has 76 valence electrons. The molecular weight excluding hydrogens is 178 g/mol. The number of fused-ring (bicyclic) bond motifs is 1. The van der Waals surface area contributed by atoms with Gasteiger partial charge in [0.2, 0.25) is 0 Å².